The number of amides is 1. The predicted octanol–water partition coefficient (Wildman–Crippen LogP) is 0.292. The first-order valence-electron chi connectivity index (χ1n) is 6.77. The van der Waals surface area contributed by atoms with E-state index in [9.17, 15) is 4.79 Å². The molecule has 2 heterocycles. The molecule has 1 atom stereocenters. The summed E-state index contributed by atoms with van der Waals surface area (Å²) in [7, 11) is 1.84. The number of hydrogen-bond donors (Lipinski definition) is 2. The number of fused-ring (bicyclic) bond motifs is 1. The number of ether oxygens (including phenoxy) is 1. The summed E-state index contributed by atoms with van der Waals surface area (Å²) in [4.78, 5) is 12.3. The van der Waals surface area contributed by atoms with Gasteiger partial charge in [0.15, 0.2) is 5.69 Å². The maximum absolute atomic E-state index is 12.3. The Morgan fingerprint density at radius 3 is 3.20 bits per heavy atom. The van der Waals surface area contributed by atoms with E-state index in [1.807, 2.05) is 31.3 Å². The monoisotopic (exact) mass is 274 g/mol. The molecular weight excluding hydrogens is 256 g/mol. The van der Waals surface area contributed by atoms with E-state index in [4.69, 9.17) is 4.74 Å². The van der Waals surface area contributed by atoms with Gasteiger partial charge in [0.05, 0.1) is 18.7 Å². The second-order valence-electron chi connectivity index (χ2n) is 4.93. The maximum atomic E-state index is 12.3. The van der Waals surface area contributed by atoms with Gasteiger partial charge in [0, 0.05) is 31.6 Å². The Bertz CT molecular complexity index is 617. The van der Waals surface area contributed by atoms with Gasteiger partial charge < -0.3 is 15.4 Å². The van der Waals surface area contributed by atoms with Crippen molar-refractivity contribution in [3.8, 4) is 0 Å². The molecule has 1 aliphatic rings. The summed E-state index contributed by atoms with van der Waals surface area (Å²) >= 11 is 0. The number of carbonyl (C=O) groups is 1. The highest BCUT2D eigenvalue weighted by Gasteiger charge is 2.18. The second kappa shape index (κ2) is 5.60. The minimum absolute atomic E-state index is 0.144. The third-order valence-electron chi connectivity index (χ3n) is 3.48. The highest BCUT2D eigenvalue weighted by molar-refractivity contribution is 6.04. The molecule has 1 aliphatic heterocycles. The molecule has 2 aromatic rings. The van der Waals surface area contributed by atoms with Crippen molar-refractivity contribution in [3.63, 3.8) is 0 Å². The van der Waals surface area contributed by atoms with E-state index < -0.39 is 0 Å². The van der Waals surface area contributed by atoms with Crippen LogP contribution in [0.15, 0.2) is 24.3 Å². The van der Waals surface area contributed by atoms with E-state index in [-0.39, 0.29) is 11.9 Å². The molecule has 106 valence electrons. The normalized spacial score (nSPS) is 19.1. The van der Waals surface area contributed by atoms with Gasteiger partial charge in [-0.2, -0.15) is 5.10 Å². The Labute approximate surface area is 117 Å². The Balaban J connectivity index is 1.72. The van der Waals surface area contributed by atoms with Crippen LogP contribution in [0.5, 0.6) is 0 Å². The molecule has 0 spiro atoms. The Kier molecular flexibility index (Phi) is 3.66. The van der Waals surface area contributed by atoms with Gasteiger partial charge in [-0.1, -0.05) is 18.2 Å². The molecule has 20 heavy (non-hydrogen) atoms. The van der Waals surface area contributed by atoms with E-state index in [1.54, 1.807) is 4.68 Å². The third-order valence-corrected chi connectivity index (χ3v) is 3.48. The standard InChI is InChI=1S/C14H18N4O2/c1-18-12-5-3-2-4-11(12)13(17-18)14(19)16-8-10-9-20-7-6-15-10/h2-5,10,15H,6-9H2,1H3,(H,16,19). The number of rotatable bonds is 3. The molecule has 1 amide bonds. The Hall–Kier alpha value is -1.92. The highest BCUT2D eigenvalue weighted by Crippen LogP contribution is 2.17. The molecule has 0 bridgehead atoms. The summed E-state index contributed by atoms with van der Waals surface area (Å²) in [5.74, 6) is -0.144. The van der Waals surface area contributed by atoms with Gasteiger partial charge >= 0.3 is 0 Å². The summed E-state index contributed by atoms with van der Waals surface area (Å²) in [6.07, 6.45) is 0. The summed E-state index contributed by atoms with van der Waals surface area (Å²) in [5.41, 5.74) is 1.43. The minimum atomic E-state index is -0.144. The van der Waals surface area contributed by atoms with E-state index in [2.05, 4.69) is 15.7 Å². The zero-order valence-electron chi connectivity index (χ0n) is 11.4. The number of carbonyl (C=O) groups excluding carboxylic acids is 1. The van der Waals surface area contributed by atoms with Gasteiger partial charge in [-0.3, -0.25) is 9.48 Å². The van der Waals surface area contributed by atoms with E-state index in [0.29, 0.717) is 18.8 Å². The lowest BCUT2D eigenvalue weighted by Gasteiger charge is -2.23. The number of benzene rings is 1. The zero-order valence-corrected chi connectivity index (χ0v) is 11.4. The van der Waals surface area contributed by atoms with Crippen LogP contribution in [0.4, 0.5) is 0 Å². The SMILES string of the molecule is Cn1nc(C(=O)NCC2COCCN2)c2ccccc21. The number of hydrogen-bond acceptors (Lipinski definition) is 4. The number of nitrogens with one attached hydrogen (secondary N) is 2. The van der Waals surface area contributed by atoms with Gasteiger partial charge in [0.1, 0.15) is 0 Å². The molecule has 1 saturated heterocycles. The summed E-state index contributed by atoms with van der Waals surface area (Å²) in [6, 6.07) is 7.89. The molecule has 6 nitrogen and oxygen atoms in total. The lowest BCUT2D eigenvalue weighted by atomic mass is 10.2. The van der Waals surface area contributed by atoms with E-state index in [1.165, 1.54) is 0 Å². The van der Waals surface area contributed by atoms with E-state index in [0.717, 1.165) is 24.1 Å². The lowest BCUT2D eigenvalue weighted by molar-refractivity contribution is 0.0734. The van der Waals surface area contributed by atoms with Crippen molar-refractivity contribution in [1.82, 2.24) is 20.4 Å². The van der Waals surface area contributed by atoms with Crippen LogP contribution < -0.4 is 10.6 Å². The predicted molar refractivity (Wildman–Crippen MR) is 75.7 cm³/mol. The molecular formula is C14H18N4O2. The first-order valence-corrected chi connectivity index (χ1v) is 6.77. The van der Waals surface area contributed by atoms with Crippen molar-refractivity contribution in [3.05, 3.63) is 30.0 Å². The lowest BCUT2D eigenvalue weighted by Crippen LogP contribution is -2.48. The van der Waals surface area contributed by atoms with Crippen LogP contribution in [0.1, 0.15) is 10.5 Å². The first kappa shape index (κ1) is 13.1. The van der Waals surface area contributed by atoms with E-state index >= 15 is 0 Å². The molecule has 0 radical (unpaired) electrons. The van der Waals surface area contributed by atoms with Crippen LogP contribution >= 0.6 is 0 Å². The van der Waals surface area contributed by atoms with Crippen molar-refractivity contribution in [1.29, 1.82) is 0 Å². The smallest absolute Gasteiger partial charge is 0.272 e. The number of aryl methyl sites for hydroxylation is 1. The quantitative estimate of drug-likeness (QED) is 0.844. The molecule has 6 heteroatoms. The number of morpholine rings is 1. The third kappa shape index (κ3) is 2.52. The minimum Gasteiger partial charge on any atom is -0.378 e. The molecule has 2 N–H and O–H groups in total. The fourth-order valence-electron chi connectivity index (χ4n) is 2.43. The van der Waals surface area contributed by atoms with Crippen molar-refractivity contribution in [2.24, 2.45) is 7.05 Å². The van der Waals surface area contributed by atoms with Gasteiger partial charge in [-0.05, 0) is 6.07 Å². The summed E-state index contributed by atoms with van der Waals surface area (Å²) in [6.45, 7) is 2.73. The fraction of sp³-hybridized carbons (Fsp3) is 0.429. The van der Waals surface area contributed by atoms with Crippen molar-refractivity contribution >= 4 is 16.8 Å². The number of para-hydroxylation sites is 1. The van der Waals surface area contributed by atoms with Crippen molar-refractivity contribution < 1.29 is 9.53 Å². The van der Waals surface area contributed by atoms with Crippen LogP contribution in [-0.4, -0.2) is 48.0 Å². The van der Waals surface area contributed by atoms with Gasteiger partial charge in [0.2, 0.25) is 0 Å². The zero-order chi connectivity index (χ0) is 13.9. The van der Waals surface area contributed by atoms with Gasteiger partial charge in [-0.15, -0.1) is 0 Å². The molecule has 1 aromatic heterocycles. The average molecular weight is 274 g/mol. The van der Waals surface area contributed by atoms with Crippen LogP contribution in [0, 0.1) is 0 Å². The number of aromatic nitrogens is 2. The Morgan fingerprint density at radius 2 is 2.40 bits per heavy atom. The molecule has 1 fully saturated rings. The maximum Gasteiger partial charge on any atom is 0.272 e. The highest BCUT2D eigenvalue weighted by atomic mass is 16.5. The average Bonchev–Trinajstić information content (AvgIpc) is 2.84. The Morgan fingerprint density at radius 1 is 1.55 bits per heavy atom. The van der Waals surface area contributed by atoms with Gasteiger partial charge in [0.25, 0.3) is 5.91 Å². The van der Waals surface area contributed by atoms with Crippen LogP contribution in [0.25, 0.3) is 10.9 Å². The largest absolute Gasteiger partial charge is 0.378 e. The van der Waals surface area contributed by atoms with Crippen LogP contribution in [0.2, 0.25) is 0 Å². The molecule has 0 aliphatic carbocycles. The fourth-order valence-corrected chi connectivity index (χ4v) is 2.43. The second-order valence-corrected chi connectivity index (χ2v) is 4.93. The van der Waals surface area contributed by atoms with Gasteiger partial charge in [-0.25, -0.2) is 0 Å². The molecule has 1 aromatic carbocycles. The summed E-state index contributed by atoms with van der Waals surface area (Å²) < 4.78 is 7.09. The first-order chi connectivity index (χ1) is 9.75. The van der Waals surface area contributed by atoms with Crippen molar-refractivity contribution in [2.45, 2.75) is 6.04 Å². The molecule has 1 unspecified atom stereocenters. The molecule has 3 rings (SSSR count). The number of nitrogens with zero attached hydrogens (tertiary/aromatic N) is 2. The summed E-state index contributed by atoms with van der Waals surface area (Å²) in [5, 5.41) is 11.4. The van der Waals surface area contributed by atoms with Crippen LogP contribution in [0.3, 0.4) is 0 Å². The topological polar surface area (TPSA) is 68.2 Å². The van der Waals surface area contributed by atoms with Crippen molar-refractivity contribution in [2.75, 3.05) is 26.3 Å². The molecule has 0 saturated carbocycles. The van der Waals surface area contributed by atoms with Crippen LogP contribution in [-0.2, 0) is 11.8 Å².